The summed E-state index contributed by atoms with van der Waals surface area (Å²) in [5, 5.41) is 2.58. The molecule has 144 valence electrons. The number of fused-ring (bicyclic) bond motifs is 1. The summed E-state index contributed by atoms with van der Waals surface area (Å²) in [6.45, 7) is 1.50. The Morgan fingerprint density at radius 2 is 2.00 bits per heavy atom. The molecular weight excluding hydrogens is 372 g/mol. The lowest BCUT2D eigenvalue weighted by Gasteiger charge is -2.29. The van der Waals surface area contributed by atoms with Gasteiger partial charge in [-0.25, -0.2) is 9.59 Å². The molecule has 27 heavy (non-hydrogen) atoms. The second-order valence-corrected chi connectivity index (χ2v) is 7.99. The number of ether oxygens (including phenoxy) is 2. The Morgan fingerprint density at radius 1 is 1.30 bits per heavy atom. The van der Waals surface area contributed by atoms with Crippen LogP contribution in [0.5, 0.6) is 0 Å². The number of methoxy groups -OCH3 is 1. The number of thioether (sulfide) groups is 1. The van der Waals surface area contributed by atoms with Crippen molar-refractivity contribution in [2.75, 3.05) is 24.8 Å². The minimum absolute atomic E-state index is 0.0559. The van der Waals surface area contributed by atoms with E-state index < -0.39 is 30.5 Å². The third-order valence-electron chi connectivity index (χ3n) is 4.65. The van der Waals surface area contributed by atoms with Crippen LogP contribution in [0.15, 0.2) is 24.3 Å². The Bertz CT molecular complexity index is 781. The van der Waals surface area contributed by atoms with E-state index in [0.29, 0.717) is 29.8 Å². The number of esters is 2. The van der Waals surface area contributed by atoms with Crippen molar-refractivity contribution >= 4 is 41.2 Å². The summed E-state index contributed by atoms with van der Waals surface area (Å²) in [5.74, 6) is -1.13. The second kappa shape index (κ2) is 7.59. The number of hydrogen-bond acceptors (Lipinski definition) is 7. The minimum Gasteiger partial charge on any atom is -0.465 e. The Morgan fingerprint density at radius 3 is 2.67 bits per heavy atom. The monoisotopic (exact) mass is 392 g/mol. The lowest BCUT2D eigenvalue weighted by molar-refractivity contribution is -0.155. The number of benzene rings is 1. The fourth-order valence-corrected chi connectivity index (χ4v) is 4.65. The molecule has 8 nitrogen and oxygen atoms in total. The predicted octanol–water partition coefficient (Wildman–Crippen LogP) is 1.41. The highest BCUT2D eigenvalue weighted by atomic mass is 32.2. The summed E-state index contributed by atoms with van der Waals surface area (Å²) in [6, 6.07) is 5.48. The summed E-state index contributed by atoms with van der Waals surface area (Å²) < 4.78 is 9.71. The van der Waals surface area contributed by atoms with Gasteiger partial charge in [0.2, 0.25) is 5.91 Å². The number of rotatable bonds is 5. The van der Waals surface area contributed by atoms with Crippen molar-refractivity contribution in [3.8, 4) is 0 Å². The van der Waals surface area contributed by atoms with Crippen molar-refractivity contribution in [2.24, 2.45) is 0 Å². The van der Waals surface area contributed by atoms with Gasteiger partial charge in [-0.05, 0) is 37.6 Å². The number of nitrogens with one attached hydrogen (secondary N) is 1. The van der Waals surface area contributed by atoms with Crippen molar-refractivity contribution in [3.63, 3.8) is 0 Å². The molecule has 0 spiro atoms. The van der Waals surface area contributed by atoms with E-state index in [1.807, 2.05) is 6.92 Å². The molecule has 1 N–H and O–H groups in total. The normalized spacial score (nSPS) is 23.7. The zero-order chi connectivity index (χ0) is 19.6. The van der Waals surface area contributed by atoms with E-state index in [4.69, 9.17) is 4.74 Å². The number of hydrogen-bond donors (Lipinski definition) is 1. The smallest absolute Gasteiger partial charge is 0.337 e. The van der Waals surface area contributed by atoms with Gasteiger partial charge in [0.15, 0.2) is 6.61 Å². The van der Waals surface area contributed by atoms with E-state index >= 15 is 0 Å². The van der Waals surface area contributed by atoms with Gasteiger partial charge in [0, 0.05) is 17.9 Å². The molecule has 0 bridgehead atoms. The molecule has 2 aliphatic heterocycles. The van der Waals surface area contributed by atoms with Crippen molar-refractivity contribution in [2.45, 2.75) is 30.7 Å². The van der Waals surface area contributed by atoms with Crippen LogP contribution in [-0.2, 0) is 23.9 Å². The summed E-state index contributed by atoms with van der Waals surface area (Å²) in [4.78, 5) is 49.0. The van der Waals surface area contributed by atoms with Gasteiger partial charge in [0.25, 0.3) is 5.91 Å². The van der Waals surface area contributed by atoms with Crippen LogP contribution in [0.1, 0.15) is 30.1 Å². The molecule has 2 saturated heterocycles. The largest absolute Gasteiger partial charge is 0.465 e. The van der Waals surface area contributed by atoms with Gasteiger partial charge in [0.05, 0.1) is 17.5 Å². The Labute approximate surface area is 160 Å². The molecule has 2 heterocycles. The average molecular weight is 392 g/mol. The third kappa shape index (κ3) is 3.92. The molecule has 2 fully saturated rings. The molecule has 0 aliphatic carbocycles. The molecule has 9 heteroatoms. The predicted molar refractivity (Wildman–Crippen MR) is 98.1 cm³/mol. The quantitative estimate of drug-likeness (QED) is 0.756. The van der Waals surface area contributed by atoms with E-state index in [2.05, 4.69) is 10.1 Å². The van der Waals surface area contributed by atoms with E-state index in [9.17, 15) is 19.2 Å². The Kier molecular flexibility index (Phi) is 5.41. The zero-order valence-corrected chi connectivity index (χ0v) is 15.8. The number of carbonyl (C=O) groups is 4. The molecule has 0 radical (unpaired) electrons. The fourth-order valence-electron chi connectivity index (χ4n) is 3.23. The molecule has 2 amide bonds. The van der Waals surface area contributed by atoms with Crippen molar-refractivity contribution in [3.05, 3.63) is 29.8 Å². The molecule has 2 aliphatic rings. The van der Waals surface area contributed by atoms with Crippen LogP contribution in [0.25, 0.3) is 0 Å². The highest BCUT2D eigenvalue weighted by Gasteiger charge is 2.53. The highest BCUT2D eigenvalue weighted by Crippen LogP contribution is 2.47. The molecule has 0 saturated carbocycles. The SMILES string of the molecule is COC(=O)c1ccc(NC(=O)COC(=O)[C@@H]2CS[C@@]3(C)CCC(=O)N23)cc1. The number of carbonyl (C=O) groups excluding carboxylic acids is 4. The van der Waals surface area contributed by atoms with Crippen LogP contribution < -0.4 is 5.32 Å². The first-order valence-electron chi connectivity index (χ1n) is 8.45. The average Bonchev–Trinajstić information content (AvgIpc) is 3.15. The van der Waals surface area contributed by atoms with Crippen molar-refractivity contribution in [1.82, 2.24) is 4.90 Å². The van der Waals surface area contributed by atoms with Gasteiger partial charge >= 0.3 is 11.9 Å². The first kappa shape index (κ1) is 19.2. The minimum atomic E-state index is -0.651. The molecule has 2 atom stereocenters. The molecule has 0 aromatic heterocycles. The van der Waals surface area contributed by atoms with Gasteiger partial charge in [-0.15, -0.1) is 11.8 Å². The third-order valence-corrected chi connectivity index (χ3v) is 6.16. The van der Waals surface area contributed by atoms with Crippen LogP contribution in [0.3, 0.4) is 0 Å². The zero-order valence-electron chi connectivity index (χ0n) is 15.0. The van der Waals surface area contributed by atoms with Crippen molar-refractivity contribution in [1.29, 1.82) is 0 Å². The van der Waals surface area contributed by atoms with Gasteiger partial charge in [0.1, 0.15) is 6.04 Å². The van der Waals surface area contributed by atoms with Crippen LogP contribution in [-0.4, -0.2) is 59.0 Å². The van der Waals surface area contributed by atoms with E-state index in [1.165, 1.54) is 19.2 Å². The number of amides is 2. The van der Waals surface area contributed by atoms with E-state index in [1.54, 1.807) is 28.8 Å². The van der Waals surface area contributed by atoms with E-state index in [0.717, 1.165) is 0 Å². The maximum Gasteiger partial charge on any atom is 0.337 e. The number of nitrogens with zero attached hydrogens (tertiary/aromatic N) is 1. The number of anilines is 1. The molecule has 1 aromatic carbocycles. The highest BCUT2D eigenvalue weighted by molar-refractivity contribution is 8.01. The van der Waals surface area contributed by atoms with Gasteiger partial charge in [-0.1, -0.05) is 0 Å². The van der Waals surface area contributed by atoms with Gasteiger partial charge in [-0.3, -0.25) is 9.59 Å². The van der Waals surface area contributed by atoms with E-state index in [-0.39, 0.29) is 10.8 Å². The van der Waals surface area contributed by atoms with Crippen LogP contribution in [0.2, 0.25) is 0 Å². The second-order valence-electron chi connectivity index (χ2n) is 6.49. The first-order valence-corrected chi connectivity index (χ1v) is 9.43. The van der Waals surface area contributed by atoms with Gasteiger partial charge in [-0.2, -0.15) is 0 Å². The Balaban J connectivity index is 1.51. The van der Waals surface area contributed by atoms with Gasteiger partial charge < -0.3 is 19.7 Å². The molecule has 3 rings (SSSR count). The van der Waals surface area contributed by atoms with Crippen LogP contribution >= 0.6 is 11.8 Å². The fraction of sp³-hybridized carbons (Fsp3) is 0.444. The van der Waals surface area contributed by atoms with Crippen molar-refractivity contribution < 1.29 is 28.7 Å². The lowest BCUT2D eigenvalue weighted by Crippen LogP contribution is -2.47. The maximum atomic E-state index is 12.3. The maximum absolute atomic E-state index is 12.3. The standard InChI is InChI=1S/C18H20N2O6S/c1-18-8-7-15(22)20(18)13(10-27-18)17(24)26-9-14(21)19-12-5-3-11(4-6-12)16(23)25-2/h3-6,13H,7-10H2,1-2H3,(H,19,21)/t13-,18-/m0/s1. The first-order chi connectivity index (χ1) is 12.8. The van der Waals surface area contributed by atoms with Crippen LogP contribution in [0, 0.1) is 0 Å². The molecule has 1 aromatic rings. The summed E-state index contributed by atoms with van der Waals surface area (Å²) in [7, 11) is 1.29. The summed E-state index contributed by atoms with van der Waals surface area (Å²) in [5.41, 5.74) is 0.821. The topological polar surface area (TPSA) is 102 Å². The lowest BCUT2D eigenvalue weighted by atomic mass is 10.2. The Hall–Kier alpha value is -2.55. The molecule has 0 unspecified atom stereocenters. The molecular formula is C18H20N2O6S. The summed E-state index contributed by atoms with van der Waals surface area (Å²) >= 11 is 1.56. The summed E-state index contributed by atoms with van der Waals surface area (Å²) in [6.07, 6.45) is 1.14. The van der Waals surface area contributed by atoms with Crippen LogP contribution in [0.4, 0.5) is 5.69 Å².